The second-order valence-corrected chi connectivity index (χ2v) is 6.97. The van der Waals surface area contributed by atoms with Crippen LogP contribution in [0, 0.1) is 0 Å². The molecule has 0 aliphatic carbocycles. The molecule has 0 N–H and O–H groups in total. The monoisotopic (exact) mass is 454 g/mol. The largest absolute Gasteiger partial charge is 0.382 e. The van der Waals surface area contributed by atoms with Crippen LogP contribution in [0.5, 0.6) is 0 Å². The predicted molar refractivity (Wildman–Crippen MR) is 108 cm³/mol. The Morgan fingerprint density at radius 1 is 0.774 bits per heavy atom. The maximum Gasteiger partial charge on any atom is 0.187 e. The maximum atomic E-state index is 11.6. The molecule has 1 aliphatic heterocycles. The van der Waals surface area contributed by atoms with E-state index in [-0.39, 0.29) is 13.2 Å². The highest BCUT2D eigenvalue weighted by molar-refractivity contribution is 5.57. The summed E-state index contributed by atoms with van der Waals surface area (Å²) in [5.41, 5.74) is 0. The zero-order chi connectivity index (χ0) is 23.4. The van der Waals surface area contributed by atoms with Crippen molar-refractivity contribution in [2.75, 3.05) is 70.1 Å². The smallest absolute Gasteiger partial charge is 0.187 e. The van der Waals surface area contributed by atoms with Crippen molar-refractivity contribution in [1.29, 1.82) is 0 Å². The topological polar surface area (TPSA) is 109 Å². The van der Waals surface area contributed by atoms with Crippen LogP contribution in [0.4, 0.5) is 0 Å². The standard InChI is InChI=1S/C20H38O11/c1-22-10-13(25-4)17(15(26-5)12(9-21)24-3)31-20-19(29-8)18(28-7)16(27-6)14(30-20)11-23-2/h9,12-20H,10-11H2,1-8H3/t12?,13?,14-,15?,16-,17?,18+,19-,20?/m1/s1. The summed E-state index contributed by atoms with van der Waals surface area (Å²) >= 11 is 0. The van der Waals surface area contributed by atoms with Crippen molar-refractivity contribution in [3.05, 3.63) is 0 Å². The van der Waals surface area contributed by atoms with E-state index in [0.29, 0.717) is 6.29 Å². The third-order valence-electron chi connectivity index (χ3n) is 5.36. The molecule has 0 radical (unpaired) electrons. The first-order valence-electron chi connectivity index (χ1n) is 9.92. The Balaban J connectivity index is 3.30. The molecule has 0 aromatic heterocycles. The van der Waals surface area contributed by atoms with Crippen molar-refractivity contribution in [3.63, 3.8) is 0 Å². The minimum atomic E-state index is -0.914. The van der Waals surface area contributed by atoms with Crippen LogP contribution in [-0.2, 0) is 52.2 Å². The van der Waals surface area contributed by atoms with Crippen LogP contribution < -0.4 is 0 Å². The van der Waals surface area contributed by atoms with Gasteiger partial charge in [-0.05, 0) is 0 Å². The summed E-state index contributed by atoms with van der Waals surface area (Å²) in [4.78, 5) is 11.6. The van der Waals surface area contributed by atoms with Crippen LogP contribution in [-0.4, -0.2) is 132 Å². The van der Waals surface area contributed by atoms with Crippen LogP contribution in [0.25, 0.3) is 0 Å². The third-order valence-corrected chi connectivity index (χ3v) is 5.36. The summed E-state index contributed by atoms with van der Waals surface area (Å²) in [6.45, 7) is 0.421. The molecule has 1 fully saturated rings. The molecule has 31 heavy (non-hydrogen) atoms. The van der Waals surface area contributed by atoms with Gasteiger partial charge in [-0.2, -0.15) is 0 Å². The first-order chi connectivity index (χ1) is 15.0. The van der Waals surface area contributed by atoms with Gasteiger partial charge in [0.15, 0.2) is 12.6 Å². The van der Waals surface area contributed by atoms with E-state index >= 15 is 0 Å². The summed E-state index contributed by atoms with van der Waals surface area (Å²) in [6, 6.07) is 0. The molecule has 0 aromatic rings. The van der Waals surface area contributed by atoms with Crippen LogP contribution in [0.1, 0.15) is 0 Å². The molecule has 5 unspecified atom stereocenters. The first-order valence-corrected chi connectivity index (χ1v) is 9.92. The molecule has 11 nitrogen and oxygen atoms in total. The molecule has 1 aliphatic rings. The Hall–Kier alpha value is -0.730. The third kappa shape index (κ3) is 7.13. The van der Waals surface area contributed by atoms with E-state index in [2.05, 4.69) is 0 Å². The number of ether oxygens (including phenoxy) is 10. The van der Waals surface area contributed by atoms with Crippen molar-refractivity contribution in [2.45, 2.75) is 55.1 Å². The van der Waals surface area contributed by atoms with E-state index < -0.39 is 55.1 Å². The van der Waals surface area contributed by atoms with Crippen molar-refractivity contribution >= 4 is 6.29 Å². The van der Waals surface area contributed by atoms with Gasteiger partial charge in [0, 0.05) is 56.9 Å². The summed E-state index contributed by atoms with van der Waals surface area (Å²) < 4.78 is 56.4. The number of hydrogen-bond acceptors (Lipinski definition) is 11. The number of rotatable bonds is 16. The molecule has 11 heteroatoms. The van der Waals surface area contributed by atoms with Crippen LogP contribution in [0.2, 0.25) is 0 Å². The van der Waals surface area contributed by atoms with Gasteiger partial charge in [0.25, 0.3) is 0 Å². The van der Waals surface area contributed by atoms with Gasteiger partial charge < -0.3 is 52.2 Å². The Morgan fingerprint density at radius 3 is 1.84 bits per heavy atom. The zero-order valence-electron chi connectivity index (χ0n) is 19.7. The molecular formula is C20H38O11. The zero-order valence-corrected chi connectivity index (χ0v) is 19.7. The van der Waals surface area contributed by atoms with Gasteiger partial charge in [0.05, 0.1) is 13.2 Å². The van der Waals surface area contributed by atoms with Crippen LogP contribution >= 0.6 is 0 Å². The van der Waals surface area contributed by atoms with Crippen molar-refractivity contribution in [3.8, 4) is 0 Å². The van der Waals surface area contributed by atoms with Gasteiger partial charge in [0.1, 0.15) is 48.8 Å². The molecule has 1 saturated heterocycles. The molecule has 1 heterocycles. The van der Waals surface area contributed by atoms with Crippen LogP contribution in [0.3, 0.4) is 0 Å². The Bertz CT molecular complexity index is 480. The number of methoxy groups -OCH3 is 8. The lowest BCUT2D eigenvalue weighted by Gasteiger charge is -2.46. The minimum Gasteiger partial charge on any atom is -0.382 e. The average molecular weight is 455 g/mol. The second kappa shape index (κ2) is 15.2. The lowest BCUT2D eigenvalue weighted by atomic mass is 9.97. The Labute approximate surface area is 184 Å². The summed E-state index contributed by atoms with van der Waals surface area (Å²) in [6.07, 6.45) is -5.52. The second-order valence-electron chi connectivity index (χ2n) is 6.97. The fourth-order valence-corrected chi connectivity index (χ4v) is 3.80. The number of carbonyl (C=O) groups is 1. The van der Waals surface area contributed by atoms with Gasteiger partial charge in [-0.25, -0.2) is 0 Å². The van der Waals surface area contributed by atoms with Gasteiger partial charge in [-0.3, -0.25) is 0 Å². The highest BCUT2D eigenvalue weighted by Crippen LogP contribution is 2.30. The molecule has 0 bridgehead atoms. The maximum absolute atomic E-state index is 11.6. The SMILES string of the molecule is COCC(OC)C(OC1O[C@H](COC)[C@@H](OC)[C@H](OC)[C@H]1OC)C(OC)C(C=O)OC. The Kier molecular flexibility index (Phi) is 13.8. The summed E-state index contributed by atoms with van der Waals surface area (Å²) in [5.74, 6) is 0. The van der Waals surface area contributed by atoms with Crippen molar-refractivity contribution < 1.29 is 52.2 Å². The summed E-state index contributed by atoms with van der Waals surface area (Å²) in [7, 11) is 12.1. The predicted octanol–water partition coefficient (Wildman–Crippen LogP) is -0.322. The van der Waals surface area contributed by atoms with Gasteiger partial charge in [-0.1, -0.05) is 0 Å². The number of hydrogen-bond donors (Lipinski definition) is 0. The molecular weight excluding hydrogens is 416 g/mol. The summed E-state index contributed by atoms with van der Waals surface area (Å²) in [5, 5.41) is 0. The molecule has 0 spiro atoms. The lowest BCUT2D eigenvalue weighted by molar-refractivity contribution is -0.337. The molecule has 1 rings (SSSR count). The van der Waals surface area contributed by atoms with Gasteiger partial charge >= 0.3 is 0 Å². The van der Waals surface area contributed by atoms with E-state index in [1.165, 1.54) is 35.5 Å². The fraction of sp³-hybridized carbons (Fsp3) is 0.950. The van der Waals surface area contributed by atoms with Crippen LogP contribution in [0.15, 0.2) is 0 Å². The molecule has 0 saturated carbocycles. The molecule has 0 aromatic carbocycles. The molecule has 184 valence electrons. The van der Waals surface area contributed by atoms with Gasteiger partial charge in [-0.15, -0.1) is 0 Å². The van der Waals surface area contributed by atoms with Gasteiger partial charge in [0.2, 0.25) is 0 Å². The van der Waals surface area contributed by atoms with E-state index in [1.807, 2.05) is 0 Å². The fourth-order valence-electron chi connectivity index (χ4n) is 3.80. The molecule has 9 atom stereocenters. The minimum absolute atomic E-state index is 0.177. The van der Waals surface area contributed by atoms with Crippen molar-refractivity contribution in [1.82, 2.24) is 0 Å². The van der Waals surface area contributed by atoms with E-state index in [1.54, 1.807) is 21.3 Å². The van der Waals surface area contributed by atoms with E-state index in [4.69, 9.17) is 47.4 Å². The quantitative estimate of drug-likeness (QED) is 0.286. The average Bonchev–Trinajstić information content (AvgIpc) is 2.79. The highest BCUT2D eigenvalue weighted by Gasteiger charge is 2.50. The number of aldehydes is 1. The highest BCUT2D eigenvalue weighted by atomic mass is 16.7. The Morgan fingerprint density at radius 2 is 1.42 bits per heavy atom. The van der Waals surface area contributed by atoms with E-state index in [0.717, 1.165) is 0 Å². The van der Waals surface area contributed by atoms with E-state index in [9.17, 15) is 4.79 Å². The van der Waals surface area contributed by atoms with Crippen molar-refractivity contribution in [2.24, 2.45) is 0 Å². The first kappa shape index (κ1) is 28.3. The number of carbonyl (C=O) groups excluding carboxylic acids is 1. The normalized spacial score (nSPS) is 30.5. The molecule has 0 amide bonds. The lowest BCUT2D eigenvalue weighted by Crippen LogP contribution is -2.63.